The number of aryl methyl sites for hydroxylation is 1. The van der Waals surface area contributed by atoms with Crippen LogP contribution in [0.2, 0.25) is 0 Å². The van der Waals surface area contributed by atoms with Crippen molar-refractivity contribution in [3.05, 3.63) is 18.2 Å². The summed E-state index contributed by atoms with van der Waals surface area (Å²) >= 11 is 0. The molecule has 2 atom stereocenters. The van der Waals surface area contributed by atoms with Crippen molar-refractivity contribution in [2.45, 2.75) is 213 Å². The Morgan fingerprint density at radius 1 is 0.578 bits per heavy atom. The van der Waals surface area contributed by atoms with Crippen LogP contribution in [-0.2, 0) is 68.5 Å². The zero-order chi connectivity index (χ0) is 61.0. The first kappa shape index (κ1) is 75.5. The first-order valence-electron chi connectivity index (χ1n) is 31.0. The number of imidazole rings is 1. The maximum atomic E-state index is 12.5. The molecule has 23 heteroatoms. The lowest BCUT2D eigenvalue weighted by Gasteiger charge is -2.26. The fraction of sp³-hybridized carbons (Fsp3) is 0.800. The SMILES string of the molecule is CC1CCC(C(=O)NC(CCC(=O)NCCOCCOCC(=O)NCCOCCOCC(=O)NCCCC[C@H](CC(=O)CCc2cnc[nH]2)C(N)=O)C(=O)O)CC1.CCNC(=O)CCCCCCCCCCCCCCCCCCC(=O)O. The first-order chi connectivity index (χ1) is 40.1. The summed E-state index contributed by atoms with van der Waals surface area (Å²) in [5.41, 5.74) is 6.34. The number of aliphatic carboxylic acids is 2. The van der Waals surface area contributed by atoms with E-state index in [-0.39, 0.29) is 126 Å². The second-order valence-electron chi connectivity index (χ2n) is 21.7. The minimum Gasteiger partial charge on any atom is -0.481 e. The van der Waals surface area contributed by atoms with Gasteiger partial charge in [0.1, 0.15) is 25.0 Å². The van der Waals surface area contributed by atoms with Gasteiger partial charge in [-0.1, -0.05) is 103 Å². The molecule has 0 radical (unpaired) electrons. The number of carboxylic acids is 2. The predicted octanol–water partition coefficient (Wildman–Crippen LogP) is 6.39. The lowest BCUT2D eigenvalue weighted by atomic mass is 9.82. The molecule has 83 heavy (non-hydrogen) atoms. The molecule has 1 aromatic heterocycles. The molecule has 2 rings (SSSR count). The number of carboxylic acid groups (broad SMARTS) is 2. The number of nitrogens with two attached hydrogens (primary N) is 1. The number of carbonyl (C=O) groups excluding carboxylic acids is 7. The van der Waals surface area contributed by atoms with E-state index in [2.05, 4.69) is 43.5 Å². The summed E-state index contributed by atoms with van der Waals surface area (Å²) in [5.74, 6) is -3.54. The third-order valence-electron chi connectivity index (χ3n) is 14.3. The van der Waals surface area contributed by atoms with E-state index in [0.717, 1.165) is 57.2 Å². The van der Waals surface area contributed by atoms with E-state index < -0.39 is 29.8 Å². The highest BCUT2D eigenvalue weighted by Crippen LogP contribution is 2.28. The number of nitrogens with one attached hydrogen (secondary N) is 6. The summed E-state index contributed by atoms with van der Waals surface area (Å²) in [6.45, 7) is 6.63. The molecular weight excluding hydrogens is 1070 g/mol. The molecular formula is C60H106N8O15. The van der Waals surface area contributed by atoms with Gasteiger partial charge in [-0.15, -0.1) is 0 Å². The Morgan fingerprint density at radius 3 is 1.57 bits per heavy atom. The molecule has 0 aromatic carbocycles. The third-order valence-corrected chi connectivity index (χ3v) is 14.3. The molecule has 0 spiro atoms. The van der Waals surface area contributed by atoms with Crippen LogP contribution in [0.1, 0.15) is 206 Å². The van der Waals surface area contributed by atoms with Gasteiger partial charge >= 0.3 is 11.9 Å². The van der Waals surface area contributed by atoms with Gasteiger partial charge in [0.05, 0.1) is 46.0 Å². The van der Waals surface area contributed by atoms with E-state index in [0.29, 0.717) is 57.4 Å². The van der Waals surface area contributed by atoms with Crippen molar-refractivity contribution in [1.82, 2.24) is 36.6 Å². The van der Waals surface area contributed by atoms with Gasteiger partial charge in [-0.25, -0.2) is 9.78 Å². The normalized spacial score (nSPS) is 14.5. The van der Waals surface area contributed by atoms with E-state index >= 15 is 0 Å². The van der Waals surface area contributed by atoms with Crippen molar-refractivity contribution in [3.63, 3.8) is 0 Å². The van der Waals surface area contributed by atoms with Gasteiger partial charge < -0.3 is 66.5 Å². The van der Waals surface area contributed by atoms with Gasteiger partial charge in [0.25, 0.3) is 0 Å². The number of unbranched alkanes of at least 4 members (excludes halogenated alkanes) is 16. The predicted molar refractivity (Wildman–Crippen MR) is 315 cm³/mol. The Bertz CT molecular complexity index is 1900. The quantitative estimate of drug-likeness (QED) is 0.0319. The van der Waals surface area contributed by atoms with Crippen molar-refractivity contribution in [1.29, 1.82) is 0 Å². The van der Waals surface area contributed by atoms with Crippen molar-refractivity contribution in [2.75, 3.05) is 79.0 Å². The van der Waals surface area contributed by atoms with Gasteiger partial charge in [0.2, 0.25) is 35.4 Å². The van der Waals surface area contributed by atoms with Crippen LogP contribution in [0, 0.1) is 17.8 Å². The Labute approximate surface area is 493 Å². The number of ketones is 1. The molecule has 1 heterocycles. The Kier molecular flexibility index (Phi) is 47.4. The van der Waals surface area contributed by atoms with Gasteiger partial charge in [-0.2, -0.15) is 0 Å². The number of H-pyrrole nitrogens is 1. The van der Waals surface area contributed by atoms with Gasteiger partial charge in [-0.3, -0.25) is 38.4 Å². The maximum Gasteiger partial charge on any atom is 0.326 e. The van der Waals surface area contributed by atoms with Crippen LogP contribution in [-0.4, -0.2) is 158 Å². The highest BCUT2D eigenvalue weighted by Gasteiger charge is 2.28. The van der Waals surface area contributed by atoms with Crippen molar-refractivity contribution >= 4 is 53.2 Å². The largest absolute Gasteiger partial charge is 0.481 e. The molecule has 1 fully saturated rings. The number of amides is 6. The van der Waals surface area contributed by atoms with Gasteiger partial charge in [0, 0.05) is 82.0 Å². The summed E-state index contributed by atoms with van der Waals surface area (Å²) in [6, 6.07) is -1.12. The van der Waals surface area contributed by atoms with Crippen LogP contribution in [0.5, 0.6) is 0 Å². The van der Waals surface area contributed by atoms with Gasteiger partial charge in [-0.05, 0) is 77.0 Å². The summed E-state index contributed by atoms with van der Waals surface area (Å²) in [7, 11) is 0. The minimum absolute atomic E-state index is 0.0117. The van der Waals surface area contributed by atoms with Crippen LogP contribution >= 0.6 is 0 Å². The molecule has 0 bridgehead atoms. The van der Waals surface area contributed by atoms with Crippen LogP contribution in [0.3, 0.4) is 0 Å². The number of ether oxygens (including phenoxy) is 4. The summed E-state index contributed by atoms with van der Waals surface area (Å²) in [5, 5.41) is 31.5. The zero-order valence-corrected chi connectivity index (χ0v) is 50.4. The van der Waals surface area contributed by atoms with Gasteiger partial charge in [0.15, 0.2) is 0 Å². The molecule has 476 valence electrons. The first-order valence-corrected chi connectivity index (χ1v) is 31.0. The number of hydrogen-bond acceptors (Lipinski definition) is 14. The van der Waals surface area contributed by atoms with E-state index in [1.165, 1.54) is 83.5 Å². The second-order valence-corrected chi connectivity index (χ2v) is 21.7. The number of Topliss-reactive ketones (excluding diaryl/α,β-unsaturated/α-hetero) is 1. The monoisotopic (exact) mass is 1180 g/mol. The van der Waals surface area contributed by atoms with Crippen molar-refractivity contribution < 1.29 is 72.3 Å². The Hall–Kier alpha value is -5.52. The molecule has 0 saturated heterocycles. The molecule has 1 unspecified atom stereocenters. The highest BCUT2D eigenvalue weighted by atomic mass is 16.5. The molecule has 6 amide bonds. The molecule has 1 aliphatic carbocycles. The molecule has 1 saturated carbocycles. The van der Waals surface area contributed by atoms with E-state index in [1.54, 1.807) is 12.5 Å². The average molecular weight is 1180 g/mol. The molecule has 1 aromatic rings. The Morgan fingerprint density at radius 2 is 1.07 bits per heavy atom. The van der Waals surface area contributed by atoms with Crippen LogP contribution in [0.25, 0.3) is 0 Å². The Balaban J connectivity index is 0.00000111. The highest BCUT2D eigenvalue weighted by molar-refractivity contribution is 5.86. The van der Waals surface area contributed by atoms with Crippen LogP contribution < -0.4 is 32.3 Å². The average Bonchev–Trinajstić information content (AvgIpc) is 4.10. The molecule has 23 nitrogen and oxygen atoms in total. The topological polar surface area (TPSA) is 346 Å². The molecule has 1 aliphatic rings. The van der Waals surface area contributed by atoms with E-state index in [1.807, 2.05) is 6.92 Å². The third kappa shape index (κ3) is 46.5. The van der Waals surface area contributed by atoms with E-state index in [9.17, 15) is 48.3 Å². The van der Waals surface area contributed by atoms with E-state index in [4.69, 9.17) is 29.8 Å². The molecule has 0 aliphatic heterocycles. The number of aromatic nitrogens is 2. The smallest absolute Gasteiger partial charge is 0.326 e. The lowest BCUT2D eigenvalue weighted by molar-refractivity contribution is -0.143. The number of aromatic amines is 1. The number of hydrogen-bond donors (Lipinski definition) is 9. The van der Waals surface area contributed by atoms with Crippen molar-refractivity contribution in [2.24, 2.45) is 23.5 Å². The number of nitrogens with zero attached hydrogens (tertiary/aromatic N) is 1. The number of carbonyl (C=O) groups is 9. The number of primary amides is 1. The summed E-state index contributed by atoms with van der Waals surface area (Å²) in [6.07, 6.45) is 30.2. The second kappa shape index (κ2) is 52.1. The summed E-state index contributed by atoms with van der Waals surface area (Å²) < 4.78 is 21.3. The van der Waals surface area contributed by atoms with Crippen LogP contribution in [0.4, 0.5) is 0 Å². The van der Waals surface area contributed by atoms with Crippen molar-refractivity contribution in [3.8, 4) is 0 Å². The van der Waals surface area contributed by atoms with Crippen LogP contribution in [0.15, 0.2) is 12.5 Å². The lowest BCUT2D eigenvalue weighted by Crippen LogP contribution is -2.45. The zero-order valence-electron chi connectivity index (χ0n) is 50.4. The fourth-order valence-corrected chi connectivity index (χ4v) is 9.31. The standard InChI is InChI=1S/C38H63N7O12.C22H43NO3/c1-27-5-7-28(8-6-27)37(51)45-32(38(52)53)11-12-33(47)42-14-16-54-18-21-57-25-35(49)43-15-17-55-19-20-56-24-34(48)41-13-3-2-4-29(36(39)50)22-31(46)10-9-30-23-40-26-44-30;1-2-23-21(24)19-17-15-13-11-9-7-5-3-4-6-8-10-12-14-16-18-20-22(25)26/h23,26-29,32H,2-22,24-25H2,1H3,(H2,39,50)(H,40,44)(H,41,48)(H,42,47)(H,43,49)(H,45,51)(H,52,53);2-20H2,1H3,(H,23,24)(H,25,26)/t27?,28?,29-,32?;/m1./s1. The molecule has 10 N–H and O–H groups in total. The fourth-order valence-electron chi connectivity index (χ4n) is 9.31. The number of rotatable bonds is 53. The minimum atomic E-state index is -1.17. The summed E-state index contributed by atoms with van der Waals surface area (Å²) in [4.78, 5) is 113. The maximum absolute atomic E-state index is 12.5.